The van der Waals surface area contributed by atoms with Crippen molar-refractivity contribution in [1.29, 1.82) is 0 Å². The van der Waals surface area contributed by atoms with E-state index in [2.05, 4.69) is 10.4 Å². The molecule has 170 valence electrons. The Labute approximate surface area is 184 Å². The second kappa shape index (κ2) is 10.2. The van der Waals surface area contributed by atoms with Crippen LogP contribution in [0.4, 0.5) is 18.9 Å². The van der Waals surface area contributed by atoms with Crippen LogP contribution in [-0.4, -0.2) is 28.9 Å². The van der Waals surface area contributed by atoms with E-state index in [0.717, 1.165) is 17.7 Å². The van der Waals surface area contributed by atoms with Gasteiger partial charge in [0.15, 0.2) is 11.5 Å². The minimum Gasteiger partial charge on any atom is -0.490 e. The van der Waals surface area contributed by atoms with Gasteiger partial charge in [-0.3, -0.25) is 9.48 Å². The maximum Gasteiger partial charge on any atom is 0.416 e. The quantitative estimate of drug-likeness (QED) is 0.505. The van der Waals surface area contributed by atoms with Crippen molar-refractivity contribution in [1.82, 2.24) is 9.78 Å². The second-order valence-corrected chi connectivity index (χ2v) is 7.00. The molecule has 1 aromatic heterocycles. The number of benzene rings is 2. The van der Waals surface area contributed by atoms with Gasteiger partial charge in [0.1, 0.15) is 0 Å². The summed E-state index contributed by atoms with van der Waals surface area (Å²) >= 11 is 0. The van der Waals surface area contributed by atoms with Crippen LogP contribution in [0.5, 0.6) is 11.5 Å². The van der Waals surface area contributed by atoms with Crippen LogP contribution in [0, 0.1) is 0 Å². The van der Waals surface area contributed by atoms with Crippen LogP contribution < -0.4 is 14.8 Å². The smallest absolute Gasteiger partial charge is 0.416 e. The molecule has 0 aliphatic rings. The number of hydrogen-bond acceptors (Lipinski definition) is 4. The average molecular weight is 447 g/mol. The predicted molar refractivity (Wildman–Crippen MR) is 114 cm³/mol. The highest BCUT2D eigenvalue weighted by molar-refractivity contribution is 5.92. The fourth-order valence-corrected chi connectivity index (χ4v) is 3.14. The van der Waals surface area contributed by atoms with E-state index in [1.54, 1.807) is 30.5 Å². The second-order valence-electron chi connectivity index (χ2n) is 7.00. The third-order valence-electron chi connectivity index (χ3n) is 4.49. The summed E-state index contributed by atoms with van der Waals surface area (Å²) in [6, 6.07) is 10.4. The molecule has 0 aliphatic carbocycles. The monoisotopic (exact) mass is 447 g/mol. The number of nitrogens with zero attached hydrogens (tertiary/aromatic N) is 2. The number of hydrogen-bond donors (Lipinski definition) is 1. The summed E-state index contributed by atoms with van der Waals surface area (Å²) in [6.07, 6.45) is -1.26. The zero-order valence-corrected chi connectivity index (χ0v) is 17.8. The molecule has 0 saturated carbocycles. The highest BCUT2D eigenvalue weighted by Crippen LogP contribution is 2.30. The van der Waals surface area contributed by atoms with Gasteiger partial charge in [-0.1, -0.05) is 18.2 Å². The number of amides is 1. The molecule has 0 aliphatic heterocycles. The molecule has 3 aromatic rings. The van der Waals surface area contributed by atoms with Gasteiger partial charge in [-0.2, -0.15) is 18.3 Å². The third-order valence-corrected chi connectivity index (χ3v) is 4.49. The summed E-state index contributed by atoms with van der Waals surface area (Å²) in [6.45, 7) is 4.87. The standard InChI is InChI=1S/C23H24F3N3O3/c1-3-31-20-9-8-16(11-21(20)32-4-2)12-22(30)28-19-13-27-29(15-19)14-17-6-5-7-18(10-17)23(24,25)26/h5-11,13,15H,3-4,12,14H2,1-2H3,(H,28,30). The van der Waals surface area contributed by atoms with Crippen molar-refractivity contribution in [3.63, 3.8) is 0 Å². The summed E-state index contributed by atoms with van der Waals surface area (Å²) in [5.41, 5.74) is 0.958. The van der Waals surface area contributed by atoms with Gasteiger partial charge in [-0.25, -0.2) is 0 Å². The van der Waals surface area contributed by atoms with E-state index >= 15 is 0 Å². The predicted octanol–water partition coefficient (Wildman–Crippen LogP) is 4.93. The molecule has 0 unspecified atom stereocenters. The van der Waals surface area contributed by atoms with Crippen molar-refractivity contribution in [2.75, 3.05) is 18.5 Å². The van der Waals surface area contributed by atoms with E-state index in [4.69, 9.17) is 9.47 Å². The van der Waals surface area contributed by atoms with E-state index in [-0.39, 0.29) is 18.9 Å². The number of alkyl halides is 3. The molecule has 0 saturated heterocycles. The van der Waals surface area contributed by atoms with E-state index in [1.165, 1.54) is 16.9 Å². The van der Waals surface area contributed by atoms with Gasteiger partial charge in [0, 0.05) is 6.20 Å². The minimum absolute atomic E-state index is 0.116. The van der Waals surface area contributed by atoms with Crippen molar-refractivity contribution < 1.29 is 27.4 Å². The van der Waals surface area contributed by atoms with Crippen molar-refractivity contribution in [3.05, 3.63) is 71.5 Å². The summed E-state index contributed by atoms with van der Waals surface area (Å²) < 4.78 is 51.2. The number of carbonyl (C=O) groups excluding carboxylic acids is 1. The molecule has 6 nitrogen and oxygen atoms in total. The van der Waals surface area contributed by atoms with E-state index in [9.17, 15) is 18.0 Å². The number of aromatic nitrogens is 2. The molecule has 1 N–H and O–H groups in total. The SMILES string of the molecule is CCOc1ccc(CC(=O)Nc2cnn(Cc3cccc(C(F)(F)F)c3)c2)cc1OCC. The highest BCUT2D eigenvalue weighted by atomic mass is 19.4. The first-order valence-electron chi connectivity index (χ1n) is 10.2. The molecule has 0 fully saturated rings. The number of anilines is 1. The van der Waals surface area contributed by atoms with Crippen LogP contribution in [-0.2, 0) is 23.9 Å². The van der Waals surface area contributed by atoms with Gasteiger partial charge in [0.2, 0.25) is 5.91 Å². The average Bonchev–Trinajstić information content (AvgIpc) is 3.16. The summed E-state index contributed by atoms with van der Waals surface area (Å²) in [7, 11) is 0. The molecule has 9 heteroatoms. The zero-order valence-electron chi connectivity index (χ0n) is 17.8. The zero-order chi connectivity index (χ0) is 23.1. The molecular formula is C23H24F3N3O3. The first-order valence-corrected chi connectivity index (χ1v) is 10.2. The fraction of sp³-hybridized carbons (Fsp3) is 0.304. The summed E-state index contributed by atoms with van der Waals surface area (Å²) in [5.74, 6) is 0.943. The molecule has 2 aromatic carbocycles. The highest BCUT2D eigenvalue weighted by Gasteiger charge is 2.30. The van der Waals surface area contributed by atoms with E-state index < -0.39 is 11.7 Å². The molecule has 0 spiro atoms. The van der Waals surface area contributed by atoms with E-state index in [1.807, 2.05) is 13.8 Å². The lowest BCUT2D eigenvalue weighted by atomic mass is 10.1. The maximum absolute atomic E-state index is 12.9. The third kappa shape index (κ3) is 6.26. The van der Waals surface area contributed by atoms with Gasteiger partial charge in [0.25, 0.3) is 0 Å². The maximum atomic E-state index is 12.9. The van der Waals surface area contributed by atoms with Crippen LogP contribution in [0.3, 0.4) is 0 Å². The molecule has 1 heterocycles. The molecule has 0 radical (unpaired) electrons. The number of ether oxygens (including phenoxy) is 2. The van der Waals surface area contributed by atoms with E-state index in [0.29, 0.717) is 36.0 Å². The van der Waals surface area contributed by atoms with Gasteiger partial charge in [-0.05, 0) is 49.2 Å². The van der Waals surface area contributed by atoms with Crippen LogP contribution in [0.25, 0.3) is 0 Å². The normalized spacial score (nSPS) is 11.3. The lowest BCUT2D eigenvalue weighted by Gasteiger charge is -2.12. The molecule has 1 amide bonds. The van der Waals surface area contributed by atoms with Gasteiger partial charge in [0.05, 0.1) is 43.6 Å². The van der Waals surface area contributed by atoms with Gasteiger partial charge < -0.3 is 14.8 Å². The Hall–Kier alpha value is -3.49. The summed E-state index contributed by atoms with van der Waals surface area (Å²) in [5, 5.41) is 6.87. The van der Waals surface area contributed by atoms with Crippen LogP contribution >= 0.6 is 0 Å². The van der Waals surface area contributed by atoms with Gasteiger partial charge >= 0.3 is 6.18 Å². The Bertz CT molecular complexity index is 1060. The molecule has 0 atom stereocenters. The number of nitrogens with one attached hydrogen (secondary N) is 1. The lowest BCUT2D eigenvalue weighted by molar-refractivity contribution is -0.137. The van der Waals surface area contributed by atoms with Crippen LogP contribution in [0.1, 0.15) is 30.5 Å². The lowest BCUT2D eigenvalue weighted by Crippen LogP contribution is -2.14. The minimum atomic E-state index is -4.40. The Morgan fingerprint density at radius 3 is 2.50 bits per heavy atom. The van der Waals surface area contributed by atoms with Gasteiger partial charge in [-0.15, -0.1) is 0 Å². The Morgan fingerprint density at radius 2 is 1.78 bits per heavy atom. The van der Waals surface area contributed by atoms with Crippen LogP contribution in [0.2, 0.25) is 0 Å². The Morgan fingerprint density at radius 1 is 1.03 bits per heavy atom. The first-order chi connectivity index (χ1) is 15.3. The first kappa shape index (κ1) is 23.2. The number of rotatable bonds is 9. The Kier molecular flexibility index (Phi) is 7.40. The number of carbonyl (C=O) groups is 1. The molecule has 3 rings (SSSR count). The van der Waals surface area contributed by atoms with Crippen LogP contribution in [0.15, 0.2) is 54.9 Å². The van der Waals surface area contributed by atoms with Crippen molar-refractivity contribution >= 4 is 11.6 Å². The summed E-state index contributed by atoms with van der Waals surface area (Å²) in [4.78, 5) is 12.4. The topological polar surface area (TPSA) is 65.4 Å². The molecular weight excluding hydrogens is 423 g/mol. The molecule has 32 heavy (non-hydrogen) atoms. The fourth-order valence-electron chi connectivity index (χ4n) is 3.14. The van der Waals surface area contributed by atoms with Crippen molar-refractivity contribution in [2.24, 2.45) is 0 Å². The van der Waals surface area contributed by atoms with Crippen molar-refractivity contribution in [3.8, 4) is 11.5 Å². The molecule has 0 bridgehead atoms. The largest absolute Gasteiger partial charge is 0.490 e. The Balaban J connectivity index is 1.62. The van der Waals surface area contributed by atoms with Crippen molar-refractivity contribution in [2.45, 2.75) is 33.0 Å². The number of halogens is 3.